The monoisotopic (exact) mass is 230 g/mol. The van der Waals surface area contributed by atoms with Crippen LogP contribution >= 0.6 is 0 Å². The Morgan fingerprint density at radius 2 is 1.82 bits per heavy atom. The molecule has 2 rings (SSSR count). The van der Waals surface area contributed by atoms with Gasteiger partial charge in [-0.1, -0.05) is 17.7 Å². The van der Waals surface area contributed by atoms with E-state index >= 15 is 0 Å². The van der Waals surface area contributed by atoms with E-state index in [1.165, 1.54) is 28.9 Å². The Balaban J connectivity index is 2.44. The van der Waals surface area contributed by atoms with Crippen LogP contribution in [0.1, 0.15) is 16.7 Å². The maximum atomic E-state index is 11.5. The van der Waals surface area contributed by atoms with Gasteiger partial charge in [-0.15, -0.1) is 4.73 Å². The van der Waals surface area contributed by atoms with Crippen molar-refractivity contribution in [2.45, 2.75) is 20.8 Å². The molecule has 0 spiro atoms. The average Bonchev–Trinajstić information content (AvgIpc) is 2.25. The molecule has 17 heavy (non-hydrogen) atoms. The molecule has 0 N–H and O–H groups in total. The van der Waals surface area contributed by atoms with Crippen LogP contribution in [0.2, 0.25) is 0 Å². The molecule has 0 amide bonds. The van der Waals surface area contributed by atoms with E-state index in [1.807, 2.05) is 32.9 Å². The summed E-state index contributed by atoms with van der Waals surface area (Å²) < 4.78 is 1.18. The van der Waals surface area contributed by atoms with Gasteiger partial charge in [0.1, 0.15) is 0 Å². The standard InChI is InChI=1S/C13H14N2O2/c1-9-6-10(2)13(11(3)7-9)17-15-5-4-14-8-12(15)16/h4-8H,1-3H3. The lowest BCUT2D eigenvalue weighted by Gasteiger charge is -2.12. The highest BCUT2D eigenvalue weighted by Crippen LogP contribution is 2.24. The van der Waals surface area contributed by atoms with Gasteiger partial charge in [-0.3, -0.25) is 9.78 Å². The lowest BCUT2D eigenvalue weighted by atomic mass is 10.1. The first-order valence-electron chi connectivity index (χ1n) is 5.37. The molecule has 0 atom stereocenters. The molecule has 88 valence electrons. The van der Waals surface area contributed by atoms with E-state index in [9.17, 15) is 4.79 Å². The number of aromatic nitrogens is 2. The average molecular weight is 230 g/mol. The Bertz CT molecular complexity index is 579. The first-order valence-corrected chi connectivity index (χ1v) is 5.37. The second-order valence-electron chi connectivity index (χ2n) is 4.06. The molecule has 2 aromatic rings. The van der Waals surface area contributed by atoms with E-state index in [2.05, 4.69) is 4.98 Å². The molecular formula is C13H14N2O2. The predicted octanol–water partition coefficient (Wildman–Crippen LogP) is 2.01. The van der Waals surface area contributed by atoms with Crippen LogP contribution in [-0.4, -0.2) is 9.71 Å². The van der Waals surface area contributed by atoms with E-state index < -0.39 is 0 Å². The van der Waals surface area contributed by atoms with Crippen LogP contribution in [-0.2, 0) is 0 Å². The molecule has 0 aliphatic carbocycles. The van der Waals surface area contributed by atoms with Crippen molar-refractivity contribution in [1.82, 2.24) is 9.71 Å². The first-order chi connectivity index (χ1) is 8.08. The van der Waals surface area contributed by atoms with Crippen LogP contribution < -0.4 is 10.4 Å². The Labute approximate surface area is 99.5 Å². The molecule has 0 unspecified atom stereocenters. The second kappa shape index (κ2) is 4.41. The van der Waals surface area contributed by atoms with Crippen molar-refractivity contribution in [3.63, 3.8) is 0 Å². The van der Waals surface area contributed by atoms with Crippen LogP contribution in [0.4, 0.5) is 0 Å². The molecule has 0 saturated carbocycles. The fraction of sp³-hybridized carbons (Fsp3) is 0.231. The normalized spacial score (nSPS) is 10.3. The molecule has 0 bridgehead atoms. The minimum atomic E-state index is -0.285. The summed E-state index contributed by atoms with van der Waals surface area (Å²) in [6.07, 6.45) is 4.24. The van der Waals surface area contributed by atoms with Crippen molar-refractivity contribution in [3.8, 4) is 5.75 Å². The lowest BCUT2D eigenvalue weighted by molar-refractivity contribution is 0.200. The Kier molecular flexibility index (Phi) is 2.95. The second-order valence-corrected chi connectivity index (χ2v) is 4.06. The van der Waals surface area contributed by atoms with Gasteiger partial charge in [-0.2, -0.15) is 0 Å². The minimum Gasteiger partial charge on any atom is -0.372 e. The third-order valence-corrected chi connectivity index (χ3v) is 2.48. The van der Waals surface area contributed by atoms with Crippen molar-refractivity contribution < 1.29 is 4.84 Å². The number of hydrogen-bond acceptors (Lipinski definition) is 3. The molecule has 0 saturated heterocycles. The number of aryl methyl sites for hydroxylation is 3. The van der Waals surface area contributed by atoms with Crippen LogP contribution in [0.5, 0.6) is 5.75 Å². The van der Waals surface area contributed by atoms with Gasteiger partial charge in [0.2, 0.25) is 0 Å². The minimum absolute atomic E-state index is 0.285. The van der Waals surface area contributed by atoms with Crippen molar-refractivity contribution in [2.75, 3.05) is 0 Å². The van der Waals surface area contributed by atoms with E-state index in [0.29, 0.717) is 5.75 Å². The molecule has 0 fully saturated rings. The smallest absolute Gasteiger partial charge is 0.301 e. The summed E-state index contributed by atoms with van der Waals surface area (Å²) in [6.45, 7) is 5.95. The maximum absolute atomic E-state index is 11.5. The van der Waals surface area contributed by atoms with Gasteiger partial charge in [0.15, 0.2) is 5.75 Å². The SMILES string of the molecule is Cc1cc(C)c(On2ccncc2=O)c(C)c1. The molecular weight excluding hydrogens is 216 g/mol. The van der Waals surface area contributed by atoms with Gasteiger partial charge in [-0.05, 0) is 31.9 Å². The van der Waals surface area contributed by atoms with Crippen LogP contribution in [0, 0.1) is 20.8 Å². The first kappa shape index (κ1) is 11.4. The van der Waals surface area contributed by atoms with Gasteiger partial charge in [0.05, 0.1) is 12.4 Å². The molecule has 1 aromatic heterocycles. The van der Waals surface area contributed by atoms with Crippen molar-refractivity contribution >= 4 is 0 Å². The third-order valence-electron chi connectivity index (χ3n) is 2.48. The summed E-state index contributed by atoms with van der Waals surface area (Å²) >= 11 is 0. The van der Waals surface area contributed by atoms with E-state index in [1.54, 1.807) is 0 Å². The fourth-order valence-corrected chi connectivity index (χ4v) is 1.82. The summed E-state index contributed by atoms with van der Waals surface area (Å²) in [4.78, 5) is 20.8. The predicted molar refractivity (Wildman–Crippen MR) is 65.2 cm³/mol. The number of rotatable bonds is 2. The topological polar surface area (TPSA) is 44.1 Å². The van der Waals surface area contributed by atoms with Crippen LogP contribution in [0.25, 0.3) is 0 Å². The van der Waals surface area contributed by atoms with Crippen LogP contribution in [0.15, 0.2) is 35.5 Å². The van der Waals surface area contributed by atoms with E-state index in [-0.39, 0.29) is 5.56 Å². The molecule has 1 aromatic carbocycles. The summed E-state index contributed by atoms with van der Waals surface area (Å²) in [5, 5.41) is 0. The van der Waals surface area contributed by atoms with Crippen LogP contribution in [0.3, 0.4) is 0 Å². The summed E-state index contributed by atoms with van der Waals surface area (Å²) in [6, 6.07) is 4.04. The zero-order valence-corrected chi connectivity index (χ0v) is 10.1. The molecule has 0 aliphatic heterocycles. The van der Waals surface area contributed by atoms with E-state index in [0.717, 1.165) is 11.1 Å². The third kappa shape index (κ3) is 2.36. The molecule has 0 radical (unpaired) electrons. The van der Waals surface area contributed by atoms with Gasteiger partial charge < -0.3 is 4.84 Å². The summed E-state index contributed by atoms with van der Waals surface area (Å²) in [5.74, 6) is 0.712. The number of nitrogens with zero attached hydrogens (tertiary/aromatic N) is 2. The zero-order valence-electron chi connectivity index (χ0n) is 10.1. The largest absolute Gasteiger partial charge is 0.372 e. The fourth-order valence-electron chi connectivity index (χ4n) is 1.82. The summed E-state index contributed by atoms with van der Waals surface area (Å²) in [5.41, 5.74) is 2.90. The van der Waals surface area contributed by atoms with Gasteiger partial charge >= 0.3 is 5.56 Å². The van der Waals surface area contributed by atoms with Crippen molar-refractivity contribution in [3.05, 3.63) is 57.8 Å². The van der Waals surface area contributed by atoms with Crippen molar-refractivity contribution in [1.29, 1.82) is 0 Å². The van der Waals surface area contributed by atoms with Gasteiger partial charge in [-0.25, -0.2) is 0 Å². The maximum Gasteiger partial charge on any atom is 0.301 e. The molecule has 1 heterocycles. The Morgan fingerprint density at radius 1 is 1.18 bits per heavy atom. The Morgan fingerprint density at radius 3 is 2.41 bits per heavy atom. The quantitative estimate of drug-likeness (QED) is 0.792. The zero-order chi connectivity index (χ0) is 12.4. The summed E-state index contributed by atoms with van der Waals surface area (Å²) in [7, 11) is 0. The number of benzene rings is 1. The lowest BCUT2D eigenvalue weighted by Crippen LogP contribution is -2.23. The number of hydrogen-bond donors (Lipinski definition) is 0. The van der Waals surface area contributed by atoms with Gasteiger partial charge in [0.25, 0.3) is 0 Å². The van der Waals surface area contributed by atoms with Gasteiger partial charge in [0, 0.05) is 6.20 Å². The van der Waals surface area contributed by atoms with Crippen molar-refractivity contribution in [2.24, 2.45) is 0 Å². The van der Waals surface area contributed by atoms with E-state index in [4.69, 9.17) is 4.84 Å². The molecule has 4 nitrogen and oxygen atoms in total. The highest BCUT2D eigenvalue weighted by Gasteiger charge is 2.07. The molecule has 4 heteroatoms. The molecule has 0 aliphatic rings. The Hall–Kier alpha value is -2.10. The highest BCUT2D eigenvalue weighted by atomic mass is 16.7. The highest BCUT2D eigenvalue weighted by molar-refractivity contribution is 5.42.